The monoisotopic (exact) mass is 631 g/mol. The van der Waals surface area contributed by atoms with Gasteiger partial charge in [0.25, 0.3) is 0 Å². The minimum Gasteiger partial charge on any atom is -0.428 e. The Balaban J connectivity index is 1.98. The molecule has 4 aromatic carbocycles. The highest BCUT2D eigenvalue weighted by Gasteiger charge is 2.45. The van der Waals surface area contributed by atoms with E-state index in [1.807, 2.05) is 30.3 Å². The molecule has 0 amide bonds. The maximum absolute atomic E-state index is 15.2. The first-order valence-electron chi connectivity index (χ1n) is 13.6. The molecule has 0 heterocycles. The Hall–Kier alpha value is -3.89. The first-order chi connectivity index (χ1) is 20.7. The number of benzene rings is 4. The van der Waals surface area contributed by atoms with Crippen molar-refractivity contribution in [3.8, 4) is 5.75 Å². The van der Waals surface area contributed by atoms with Gasteiger partial charge in [0.05, 0.1) is 21.3 Å². The standard InChI is InChI=1S/C34H31F6NO2S/c1-32(2,3)44(42)41-33(22-24-12-8-5-9-13-24,27-19-28(35)21-29(20-27)43-34(39,40)31(37)38)26-16-17-30(36)25(18-26)15-14-23-10-6-4-7-11-23/h4-21,31,41H,22H2,1-3H3/b15-14+/t33-,44?/m1/s1. The van der Waals surface area contributed by atoms with Crippen molar-refractivity contribution in [1.29, 1.82) is 0 Å². The van der Waals surface area contributed by atoms with Crippen molar-refractivity contribution in [3.63, 3.8) is 0 Å². The third kappa shape index (κ3) is 7.98. The first-order valence-corrected chi connectivity index (χ1v) is 14.8. The van der Waals surface area contributed by atoms with Gasteiger partial charge in [-0.3, -0.25) is 0 Å². The molecule has 0 spiro atoms. The van der Waals surface area contributed by atoms with Crippen LogP contribution in [-0.4, -0.2) is 21.5 Å². The maximum Gasteiger partial charge on any atom is 0.461 e. The van der Waals surface area contributed by atoms with Crippen LogP contribution in [0.4, 0.5) is 26.3 Å². The van der Waals surface area contributed by atoms with Crippen molar-refractivity contribution in [2.24, 2.45) is 0 Å². The lowest BCUT2D eigenvalue weighted by Crippen LogP contribution is -2.50. The molecular formula is C34H31F6NO2S. The minimum absolute atomic E-state index is 0.0166. The van der Waals surface area contributed by atoms with Crippen LogP contribution < -0.4 is 9.46 Å². The fourth-order valence-corrected chi connectivity index (χ4v) is 5.43. The molecule has 4 aromatic rings. The molecule has 4 rings (SSSR count). The number of hydrogen-bond donors (Lipinski definition) is 1. The third-order valence-corrected chi connectivity index (χ3v) is 8.40. The zero-order valence-electron chi connectivity index (χ0n) is 24.2. The average Bonchev–Trinajstić information content (AvgIpc) is 2.96. The van der Waals surface area contributed by atoms with Crippen LogP contribution in [0.3, 0.4) is 0 Å². The summed E-state index contributed by atoms with van der Waals surface area (Å²) in [6.45, 7) is 5.10. The van der Waals surface area contributed by atoms with Gasteiger partial charge in [-0.1, -0.05) is 78.9 Å². The second-order valence-corrected chi connectivity index (χ2v) is 13.1. The molecule has 0 saturated carbocycles. The minimum atomic E-state index is -4.90. The molecule has 0 aliphatic carbocycles. The van der Waals surface area contributed by atoms with E-state index in [1.54, 1.807) is 63.3 Å². The molecule has 10 heteroatoms. The number of hydrogen-bond acceptors (Lipinski definition) is 2. The molecule has 0 radical (unpaired) electrons. The molecule has 1 N–H and O–H groups in total. The van der Waals surface area contributed by atoms with Gasteiger partial charge in [0.2, 0.25) is 0 Å². The summed E-state index contributed by atoms with van der Waals surface area (Å²) in [5.74, 6) is -2.50. The SMILES string of the molecule is CC(C)(C)S(=O)N[C@@](Cc1ccccc1)(c1cc(F)cc(OC(F)(F)C(F)F)c1)c1ccc(F)c(/C=C/c2ccccc2)c1. The number of halogens is 6. The Morgan fingerprint density at radius 1 is 0.818 bits per heavy atom. The van der Waals surface area contributed by atoms with E-state index in [-0.39, 0.29) is 17.5 Å². The topological polar surface area (TPSA) is 38.3 Å². The van der Waals surface area contributed by atoms with Gasteiger partial charge in [-0.15, -0.1) is 0 Å². The highest BCUT2D eigenvalue weighted by molar-refractivity contribution is 7.84. The average molecular weight is 632 g/mol. The fraction of sp³-hybridized carbons (Fsp3) is 0.235. The molecule has 44 heavy (non-hydrogen) atoms. The zero-order valence-corrected chi connectivity index (χ0v) is 25.0. The quantitative estimate of drug-likeness (QED) is 0.133. The summed E-state index contributed by atoms with van der Waals surface area (Å²) in [5, 5.41) is 0. The van der Waals surface area contributed by atoms with Gasteiger partial charge in [0.1, 0.15) is 17.4 Å². The van der Waals surface area contributed by atoms with Gasteiger partial charge in [0.15, 0.2) is 0 Å². The largest absolute Gasteiger partial charge is 0.461 e. The maximum atomic E-state index is 15.2. The highest BCUT2D eigenvalue weighted by Crippen LogP contribution is 2.39. The molecule has 3 nitrogen and oxygen atoms in total. The summed E-state index contributed by atoms with van der Waals surface area (Å²) in [7, 11) is -1.86. The summed E-state index contributed by atoms with van der Waals surface area (Å²) in [5.41, 5.74) is 0.217. The lowest BCUT2D eigenvalue weighted by Gasteiger charge is -2.38. The molecule has 0 fully saturated rings. The van der Waals surface area contributed by atoms with Crippen molar-refractivity contribution in [2.75, 3.05) is 0 Å². The lowest BCUT2D eigenvalue weighted by atomic mass is 9.78. The second-order valence-electron chi connectivity index (χ2n) is 11.2. The summed E-state index contributed by atoms with van der Waals surface area (Å²) in [6.07, 6.45) is -5.85. The molecular weight excluding hydrogens is 600 g/mol. The number of ether oxygens (including phenoxy) is 1. The molecule has 0 bridgehead atoms. The van der Waals surface area contributed by atoms with Crippen LogP contribution in [0.2, 0.25) is 0 Å². The third-order valence-electron chi connectivity index (χ3n) is 6.75. The smallest absolute Gasteiger partial charge is 0.428 e. The number of rotatable bonds is 11. The Kier molecular flexibility index (Phi) is 10.1. The normalized spacial score (nSPS) is 14.5. The van der Waals surface area contributed by atoms with E-state index in [2.05, 4.69) is 9.46 Å². The van der Waals surface area contributed by atoms with Crippen molar-refractivity contribution >= 4 is 23.1 Å². The molecule has 1 unspecified atom stereocenters. The molecule has 0 aromatic heterocycles. The van der Waals surface area contributed by atoms with Gasteiger partial charge < -0.3 is 4.74 Å². The van der Waals surface area contributed by atoms with E-state index in [1.165, 1.54) is 18.2 Å². The van der Waals surface area contributed by atoms with E-state index in [0.717, 1.165) is 17.7 Å². The fourth-order valence-electron chi connectivity index (χ4n) is 4.49. The summed E-state index contributed by atoms with van der Waals surface area (Å²) in [6, 6.07) is 24.6. The molecule has 2 atom stereocenters. The summed E-state index contributed by atoms with van der Waals surface area (Å²) < 4.78 is 104. The predicted molar refractivity (Wildman–Crippen MR) is 162 cm³/mol. The highest BCUT2D eigenvalue weighted by atomic mass is 32.2. The zero-order chi connectivity index (χ0) is 32.1. The van der Waals surface area contributed by atoms with Crippen LogP contribution in [0.5, 0.6) is 5.75 Å². The first kappa shape index (κ1) is 33.0. The Labute approximate surface area is 255 Å². The van der Waals surface area contributed by atoms with Crippen molar-refractivity contribution in [3.05, 3.63) is 137 Å². The summed E-state index contributed by atoms with van der Waals surface area (Å²) in [4.78, 5) is 0. The molecule has 232 valence electrons. The Morgan fingerprint density at radius 2 is 1.45 bits per heavy atom. The van der Waals surface area contributed by atoms with E-state index < -0.39 is 51.2 Å². The van der Waals surface area contributed by atoms with Crippen molar-refractivity contribution < 1.29 is 35.3 Å². The predicted octanol–water partition coefficient (Wildman–Crippen LogP) is 8.91. The van der Waals surface area contributed by atoms with E-state index in [0.29, 0.717) is 17.2 Å². The van der Waals surface area contributed by atoms with Crippen LogP contribution in [0.1, 0.15) is 48.6 Å². The van der Waals surface area contributed by atoms with E-state index in [9.17, 15) is 21.8 Å². The van der Waals surface area contributed by atoms with Crippen LogP contribution in [-0.2, 0) is 22.9 Å². The second kappa shape index (κ2) is 13.4. The van der Waals surface area contributed by atoms with Gasteiger partial charge >= 0.3 is 12.5 Å². The van der Waals surface area contributed by atoms with E-state index in [4.69, 9.17) is 0 Å². The van der Waals surface area contributed by atoms with Gasteiger partial charge in [-0.25, -0.2) is 17.7 Å². The summed E-state index contributed by atoms with van der Waals surface area (Å²) >= 11 is 0. The van der Waals surface area contributed by atoms with Crippen LogP contribution >= 0.6 is 0 Å². The molecule has 0 saturated heterocycles. The van der Waals surface area contributed by atoms with Crippen molar-refractivity contribution in [1.82, 2.24) is 4.72 Å². The number of nitrogens with one attached hydrogen (secondary N) is 1. The van der Waals surface area contributed by atoms with E-state index >= 15 is 8.78 Å². The Bertz CT molecular complexity index is 1620. The van der Waals surface area contributed by atoms with Crippen LogP contribution in [0.25, 0.3) is 12.2 Å². The van der Waals surface area contributed by atoms with Gasteiger partial charge in [0, 0.05) is 11.6 Å². The molecule has 0 aliphatic rings. The van der Waals surface area contributed by atoms with Crippen molar-refractivity contribution in [2.45, 2.75) is 50.0 Å². The van der Waals surface area contributed by atoms with Crippen LogP contribution in [0.15, 0.2) is 97.1 Å². The lowest BCUT2D eigenvalue weighted by molar-refractivity contribution is -0.253. The van der Waals surface area contributed by atoms with Crippen LogP contribution in [0, 0.1) is 11.6 Å². The van der Waals surface area contributed by atoms with Gasteiger partial charge in [-0.2, -0.15) is 17.6 Å². The molecule has 0 aliphatic heterocycles. The number of alkyl halides is 4. The Morgan fingerprint density at radius 3 is 2.07 bits per heavy atom. The van der Waals surface area contributed by atoms with Gasteiger partial charge in [-0.05, 0) is 73.7 Å².